The van der Waals surface area contributed by atoms with Gasteiger partial charge in [0.15, 0.2) is 5.65 Å². The van der Waals surface area contributed by atoms with Gasteiger partial charge in [0.25, 0.3) is 5.91 Å². The lowest BCUT2D eigenvalue weighted by Gasteiger charge is -2.20. The first-order valence-corrected chi connectivity index (χ1v) is 11.8. The average Bonchev–Trinajstić information content (AvgIpc) is 3.31. The number of rotatable bonds is 7. The highest BCUT2D eigenvalue weighted by Crippen LogP contribution is 2.41. The number of hydrogen-bond acceptors (Lipinski definition) is 5. The van der Waals surface area contributed by atoms with E-state index in [1.165, 1.54) is 0 Å². The van der Waals surface area contributed by atoms with E-state index in [0.29, 0.717) is 17.1 Å². The lowest BCUT2D eigenvalue weighted by atomic mass is 9.91. The molecule has 0 fully saturated rings. The predicted octanol–water partition coefficient (Wildman–Crippen LogP) is 5.82. The van der Waals surface area contributed by atoms with Crippen LogP contribution in [0.2, 0.25) is 0 Å². The number of aliphatic imine (C=N–C) groups is 1. The van der Waals surface area contributed by atoms with Crippen molar-refractivity contribution in [3.63, 3.8) is 0 Å². The zero-order valence-electron chi connectivity index (χ0n) is 20.8. The van der Waals surface area contributed by atoms with Crippen molar-refractivity contribution in [2.24, 2.45) is 10.9 Å². The molecule has 0 saturated carbocycles. The Morgan fingerprint density at radius 3 is 2.85 bits per heavy atom. The molecule has 3 aromatic rings. The van der Waals surface area contributed by atoms with Crippen LogP contribution in [0.4, 0.5) is 5.69 Å². The second-order valence-electron chi connectivity index (χ2n) is 9.88. The summed E-state index contributed by atoms with van der Waals surface area (Å²) in [6, 6.07) is 5.92. The van der Waals surface area contributed by atoms with Crippen LogP contribution < -0.4 is 10.1 Å². The summed E-state index contributed by atoms with van der Waals surface area (Å²) in [5.41, 5.74) is 4.64. The zero-order valence-corrected chi connectivity index (χ0v) is 20.8. The van der Waals surface area contributed by atoms with Crippen LogP contribution in [0.1, 0.15) is 75.4 Å². The molecule has 1 aliphatic rings. The molecule has 1 aliphatic heterocycles. The Morgan fingerprint density at radius 2 is 2.12 bits per heavy atom. The Balaban J connectivity index is 1.70. The lowest BCUT2D eigenvalue weighted by Crippen LogP contribution is -2.24. The number of hydrogen-bond donors (Lipinski definition) is 1. The van der Waals surface area contributed by atoms with E-state index < -0.39 is 0 Å². The number of allylic oxidation sites excluding steroid dienone is 2. The SMILES string of the molecule is CC=N/C(=C\C(C)C)CC(C)c1cc2c(cc1NC(=O)c1cnn3cccnc13)CC(C)(C)O2. The first kappa shape index (κ1) is 23.7. The molecule has 2 aromatic heterocycles. The topological polar surface area (TPSA) is 80.9 Å². The van der Waals surface area contributed by atoms with Crippen molar-refractivity contribution in [1.29, 1.82) is 0 Å². The first-order valence-electron chi connectivity index (χ1n) is 11.8. The zero-order chi connectivity index (χ0) is 24.5. The van der Waals surface area contributed by atoms with Crippen molar-refractivity contribution < 1.29 is 9.53 Å². The van der Waals surface area contributed by atoms with Gasteiger partial charge in [-0.3, -0.25) is 9.79 Å². The van der Waals surface area contributed by atoms with Crippen molar-refractivity contribution in [2.45, 2.75) is 65.9 Å². The summed E-state index contributed by atoms with van der Waals surface area (Å²) in [5, 5.41) is 7.40. The van der Waals surface area contributed by atoms with E-state index in [2.05, 4.69) is 73.2 Å². The summed E-state index contributed by atoms with van der Waals surface area (Å²) < 4.78 is 7.81. The number of fused-ring (bicyclic) bond motifs is 2. The number of benzene rings is 1. The van der Waals surface area contributed by atoms with E-state index in [1.54, 1.807) is 29.2 Å². The van der Waals surface area contributed by atoms with Crippen molar-refractivity contribution >= 4 is 23.5 Å². The van der Waals surface area contributed by atoms with Crippen LogP contribution in [0.15, 0.2) is 53.6 Å². The maximum Gasteiger partial charge on any atom is 0.261 e. The van der Waals surface area contributed by atoms with Crippen LogP contribution >= 0.6 is 0 Å². The number of ether oxygens (including phenoxy) is 1. The Labute approximate surface area is 201 Å². The molecule has 1 atom stereocenters. The first-order chi connectivity index (χ1) is 16.2. The number of amides is 1. The van der Waals surface area contributed by atoms with E-state index in [1.807, 2.05) is 13.1 Å². The molecule has 0 radical (unpaired) electrons. The summed E-state index contributed by atoms with van der Waals surface area (Å²) in [5.74, 6) is 1.17. The summed E-state index contributed by atoms with van der Waals surface area (Å²) in [4.78, 5) is 22.2. The minimum absolute atomic E-state index is 0.114. The minimum Gasteiger partial charge on any atom is -0.487 e. The molecule has 1 amide bonds. The molecule has 0 aliphatic carbocycles. The fourth-order valence-corrected chi connectivity index (χ4v) is 4.50. The Kier molecular flexibility index (Phi) is 6.55. The number of anilines is 1. The highest BCUT2D eigenvalue weighted by atomic mass is 16.5. The molecule has 1 unspecified atom stereocenters. The van der Waals surface area contributed by atoms with Gasteiger partial charge in [-0.25, -0.2) is 9.50 Å². The average molecular weight is 460 g/mol. The molecule has 178 valence electrons. The van der Waals surface area contributed by atoms with Gasteiger partial charge in [-0.05, 0) is 62.8 Å². The van der Waals surface area contributed by atoms with Crippen molar-refractivity contribution in [3.8, 4) is 5.75 Å². The molecule has 0 saturated heterocycles. The molecule has 3 heterocycles. The molecule has 1 N–H and O–H groups in total. The van der Waals surface area contributed by atoms with Gasteiger partial charge >= 0.3 is 0 Å². The van der Waals surface area contributed by atoms with Gasteiger partial charge in [-0.15, -0.1) is 0 Å². The van der Waals surface area contributed by atoms with Gasteiger partial charge in [0.05, 0.1) is 6.20 Å². The van der Waals surface area contributed by atoms with Gasteiger partial charge in [-0.2, -0.15) is 5.10 Å². The van der Waals surface area contributed by atoms with Crippen LogP contribution in [0.3, 0.4) is 0 Å². The minimum atomic E-state index is -0.271. The van der Waals surface area contributed by atoms with Gasteiger partial charge in [0, 0.05) is 42.0 Å². The maximum atomic E-state index is 13.3. The highest BCUT2D eigenvalue weighted by Gasteiger charge is 2.32. The third-order valence-electron chi connectivity index (χ3n) is 5.87. The quantitative estimate of drug-likeness (QED) is 0.452. The van der Waals surface area contributed by atoms with E-state index >= 15 is 0 Å². The lowest BCUT2D eigenvalue weighted by molar-refractivity contribution is 0.102. The summed E-state index contributed by atoms with van der Waals surface area (Å²) in [6.07, 6.45) is 10.6. The third kappa shape index (κ3) is 5.03. The number of carbonyl (C=O) groups excluding carboxylic acids is 1. The number of nitrogens with zero attached hydrogens (tertiary/aromatic N) is 4. The van der Waals surface area contributed by atoms with Crippen LogP contribution in [-0.2, 0) is 6.42 Å². The monoisotopic (exact) mass is 459 g/mol. The number of carbonyl (C=O) groups is 1. The number of aromatic nitrogens is 3. The molecule has 1 aromatic carbocycles. The Bertz CT molecular complexity index is 1270. The van der Waals surface area contributed by atoms with Crippen LogP contribution in [0.25, 0.3) is 5.65 Å². The normalized spacial score (nSPS) is 16.1. The van der Waals surface area contributed by atoms with Crippen LogP contribution in [-0.4, -0.2) is 32.3 Å². The summed E-state index contributed by atoms with van der Waals surface area (Å²) >= 11 is 0. The van der Waals surface area contributed by atoms with Gasteiger partial charge < -0.3 is 10.1 Å². The number of nitrogens with one attached hydrogen (secondary N) is 1. The molecule has 7 nitrogen and oxygen atoms in total. The van der Waals surface area contributed by atoms with Crippen molar-refractivity contribution in [3.05, 3.63) is 65.3 Å². The second-order valence-corrected chi connectivity index (χ2v) is 9.88. The molecule has 7 heteroatoms. The molecule has 0 bridgehead atoms. The van der Waals surface area contributed by atoms with Crippen LogP contribution in [0, 0.1) is 5.92 Å². The fourth-order valence-electron chi connectivity index (χ4n) is 4.50. The van der Waals surface area contributed by atoms with Crippen molar-refractivity contribution in [2.75, 3.05) is 5.32 Å². The maximum absolute atomic E-state index is 13.3. The van der Waals surface area contributed by atoms with E-state index in [0.717, 1.165) is 41.1 Å². The largest absolute Gasteiger partial charge is 0.487 e. The van der Waals surface area contributed by atoms with E-state index in [9.17, 15) is 4.79 Å². The highest BCUT2D eigenvalue weighted by molar-refractivity contribution is 6.08. The van der Waals surface area contributed by atoms with E-state index in [4.69, 9.17) is 4.74 Å². The molecule has 4 rings (SSSR count). The molecular formula is C27H33N5O2. The Morgan fingerprint density at radius 1 is 1.32 bits per heavy atom. The summed E-state index contributed by atoms with van der Waals surface area (Å²) in [7, 11) is 0. The fraction of sp³-hybridized carbons (Fsp3) is 0.407. The Hall–Kier alpha value is -3.48. The smallest absolute Gasteiger partial charge is 0.261 e. The van der Waals surface area contributed by atoms with Crippen molar-refractivity contribution in [1.82, 2.24) is 14.6 Å². The van der Waals surface area contributed by atoms with Crippen LogP contribution in [0.5, 0.6) is 5.75 Å². The second kappa shape index (κ2) is 9.41. The van der Waals surface area contributed by atoms with Gasteiger partial charge in [0.2, 0.25) is 0 Å². The molecule has 34 heavy (non-hydrogen) atoms. The third-order valence-corrected chi connectivity index (χ3v) is 5.87. The predicted molar refractivity (Wildman–Crippen MR) is 136 cm³/mol. The standard InChI is InChI=1S/C27H33N5O2/c1-7-28-20(11-17(2)3)12-18(4)21-14-24-19(15-27(5,6)34-24)13-23(21)31-26(33)22-16-30-32-10-8-9-29-25(22)32/h7-11,13-14,16-18H,12,15H2,1-6H3,(H,31,33)/b20-11-,28-7?. The molecular weight excluding hydrogens is 426 g/mol. The molecule has 0 spiro atoms. The van der Waals surface area contributed by atoms with E-state index in [-0.39, 0.29) is 17.4 Å². The van der Waals surface area contributed by atoms with Gasteiger partial charge in [0.1, 0.15) is 16.9 Å². The van der Waals surface area contributed by atoms with Gasteiger partial charge in [-0.1, -0.05) is 26.8 Å². The summed E-state index contributed by atoms with van der Waals surface area (Å²) in [6.45, 7) is 12.6.